The first kappa shape index (κ1) is 23.2. The molecule has 0 unspecified atom stereocenters. The lowest BCUT2D eigenvalue weighted by Crippen LogP contribution is -2.37. The minimum Gasteiger partial charge on any atom is -0.481 e. The summed E-state index contributed by atoms with van der Waals surface area (Å²) >= 11 is 0. The fraction of sp³-hybridized carbons (Fsp3) is 0.519. The van der Waals surface area contributed by atoms with Crippen molar-refractivity contribution >= 4 is 11.6 Å². The number of carbonyl (C=O) groups is 1. The fourth-order valence-electron chi connectivity index (χ4n) is 3.95. The van der Waals surface area contributed by atoms with Gasteiger partial charge < -0.3 is 15.0 Å². The number of nitrogens with zero attached hydrogens (tertiary/aromatic N) is 1. The summed E-state index contributed by atoms with van der Waals surface area (Å²) < 4.78 is 5.87. The van der Waals surface area contributed by atoms with Gasteiger partial charge in [-0.25, -0.2) is 0 Å². The summed E-state index contributed by atoms with van der Waals surface area (Å²) in [6.07, 6.45) is 1.95. The maximum Gasteiger partial charge on any atom is 0.261 e. The third-order valence-electron chi connectivity index (χ3n) is 6.30. The number of ether oxygens (including phenoxy) is 1. The molecule has 2 aromatic rings. The largest absolute Gasteiger partial charge is 0.481 e. The van der Waals surface area contributed by atoms with E-state index in [4.69, 9.17) is 4.74 Å². The van der Waals surface area contributed by atoms with Gasteiger partial charge in [0.05, 0.1) is 6.04 Å². The van der Waals surface area contributed by atoms with Gasteiger partial charge in [0, 0.05) is 18.8 Å². The van der Waals surface area contributed by atoms with Crippen LogP contribution in [0.1, 0.15) is 71.6 Å². The lowest BCUT2D eigenvalue weighted by atomic mass is 9.87. The van der Waals surface area contributed by atoms with Crippen molar-refractivity contribution in [3.05, 3.63) is 59.7 Å². The Labute approximate surface area is 188 Å². The number of benzene rings is 2. The van der Waals surface area contributed by atoms with Gasteiger partial charge in [-0.15, -0.1) is 0 Å². The maximum absolute atomic E-state index is 12.7. The van der Waals surface area contributed by atoms with Crippen LogP contribution in [0.5, 0.6) is 5.75 Å². The van der Waals surface area contributed by atoms with E-state index in [0.29, 0.717) is 5.75 Å². The van der Waals surface area contributed by atoms with Crippen LogP contribution >= 0.6 is 0 Å². The molecule has 0 radical (unpaired) electrons. The molecule has 1 amide bonds. The molecule has 4 nitrogen and oxygen atoms in total. The van der Waals surface area contributed by atoms with Gasteiger partial charge in [0.2, 0.25) is 0 Å². The summed E-state index contributed by atoms with van der Waals surface area (Å²) in [7, 11) is 0. The predicted molar refractivity (Wildman–Crippen MR) is 129 cm³/mol. The molecule has 2 atom stereocenters. The van der Waals surface area contributed by atoms with Crippen molar-refractivity contribution in [3.8, 4) is 5.75 Å². The van der Waals surface area contributed by atoms with E-state index >= 15 is 0 Å². The zero-order chi connectivity index (χ0) is 22.6. The third kappa shape index (κ3) is 6.25. The Balaban J connectivity index is 1.53. The first-order valence-electron chi connectivity index (χ1n) is 11.6. The van der Waals surface area contributed by atoms with E-state index in [2.05, 4.69) is 74.3 Å². The average Bonchev–Trinajstić information content (AvgIpc) is 2.74. The standard InChI is InChI=1S/C27H38N2O2/c1-19-15-17-29(18-16-19)24-11-7-22(8-12-24)20(2)28-26(30)21(3)31-25-13-9-23(10-14-25)27(4,5)6/h7-14,19-21H,15-18H2,1-6H3,(H,28,30)/t20-,21-/m1/s1. The zero-order valence-corrected chi connectivity index (χ0v) is 19.9. The van der Waals surface area contributed by atoms with E-state index in [-0.39, 0.29) is 17.4 Å². The van der Waals surface area contributed by atoms with Crippen LogP contribution in [0.4, 0.5) is 5.69 Å². The number of hydrogen-bond donors (Lipinski definition) is 1. The second-order valence-electron chi connectivity index (χ2n) is 10.0. The Morgan fingerprint density at radius 3 is 2.13 bits per heavy atom. The molecule has 0 bridgehead atoms. The van der Waals surface area contributed by atoms with E-state index < -0.39 is 6.10 Å². The van der Waals surface area contributed by atoms with Crippen LogP contribution in [0.2, 0.25) is 0 Å². The van der Waals surface area contributed by atoms with Gasteiger partial charge >= 0.3 is 0 Å². The van der Waals surface area contributed by atoms with Gasteiger partial charge in [-0.1, -0.05) is 52.0 Å². The molecule has 1 saturated heterocycles. The Morgan fingerprint density at radius 2 is 1.58 bits per heavy atom. The SMILES string of the molecule is CC1CCN(c2ccc([C@@H](C)NC(=O)[C@@H](C)Oc3ccc(C(C)(C)C)cc3)cc2)CC1. The number of rotatable bonds is 6. The van der Waals surface area contributed by atoms with Gasteiger partial charge in [0.25, 0.3) is 5.91 Å². The van der Waals surface area contributed by atoms with E-state index in [9.17, 15) is 4.79 Å². The lowest BCUT2D eigenvalue weighted by molar-refractivity contribution is -0.127. The second kappa shape index (κ2) is 9.76. The van der Waals surface area contributed by atoms with Crippen LogP contribution in [0.3, 0.4) is 0 Å². The summed E-state index contributed by atoms with van der Waals surface area (Å²) in [4.78, 5) is 15.1. The molecule has 0 aliphatic carbocycles. The molecule has 0 saturated carbocycles. The van der Waals surface area contributed by atoms with Crippen molar-refractivity contribution in [1.29, 1.82) is 0 Å². The number of anilines is 1. The minimum absolute atomic E-state index is 0.0720. The smallest absolute Gasteiger partial charge is 0.261 e. The summed E-state index contributed by atoms with van der Waals surface area (Å²) in [5, 5.41) is 3.08. The molecule has 2 aromatic carbocycles. The van der Waals surface area contributed by atoms with Crippen molar-refractivity contribution in [3.63, 3.8) is 0 Å². The Hall–Kier alpha value is -2.49. The summed E-state index contributed by atoms with van der Waals surface area (Å²) in [5.74, 6) is 1.43. The molecule has 168 valence electrons. The average molecular weight is 423 g/mol. The highest BCUT2D eigenvalue weighted by Gasteiger charge is 2.20. The first-order chi connectivity index (χ1) is 14.6. The number of amides is 1. The number of hydrogen-bond acceptors (Lipinski definition) is 3. The van der Waals surface area contributed by atoms with Crippen LogP contribution < -0.4 is 15.0 Å². The van der Waals surface area contributed by atoms with Gasteiger partial charge in [-0.2, -0.15) is 0 Å². The van der Waals surface area contributed by atoms with Gasteiger partial charge in [-0.05, 0) is 73.4 Å². The van der Waals surface area contributed by atoms with Gasteiger partial charge in [0.15, 0.2) is 6.10 Å². The topological polar surface area (TPSA) is 41.6 Å². The zero-order valence-electron chi connectivity index (χ0n) is 19.9. The highest BCUT2D eigenvalue weighted by atomic mass is 16.5. The maximum atomic E-state index is 12.7. The van der Waals surface area contributed by atoms with Crippen LogP contribution in [0.15, 0.2) is 48.5 Å². The molecule has 0 spiro atoms. The van der Waals surface area contributed by atoms with E-state index in [0.717, 1.165) is 24.6 Å². The predicted octanol–water partition coefficient (Wildman–Crippen LogP) is 5.87. The van der Waals surface area contributed by atoms with Crippen molar-refractivity contribution in [2.45, 2.75) is 71.9 Å². The van der Waals surface area contributed by atoms with Crippen LogP contribution in [-0.2, 0) is 10.2 Å². The molecule has 31 heavy (non-hydrogen) atoms. The highest BCUT2D eigenvalue weighted by molar-refractivity contribution is 5.81. The number of carbonyl (C=O) groups excluding carboxylic acids is 1. The molecule has 1 N–H and O–H groups in total. The second-order valence-corrected chi connectivity index (χ2v) is 10.0. The van der Waals surface area contributed by atoms with Crippen molar-refractivity contribution in [1.82, 2.24) is 5.32 Å². The van der Waals surface area contributed by atoms with Crippen molar-refractivity contribution in [2.24, 2.45) is 5.92 Å². The van der Waals surface area contributed by atoms with E-state index in [1.54, 1.807) is 6.92 Å². The number of piperidine rings is 1. The normalized spacial score (nSPS) is 17.2. The Morgan fingerprint density at radius 1 is 1.00 bits per heavy atom. The summed E-state index contributed by atoms with van der Waals surface area (Å²) in [6.45, 7) is 14.9. The van der Waals surface area contributed by atoms with E-state index in [1.807, 2.05) is 19.1 Å². The molecule has 1 aliphatic heterocycles. The first-order valence-corrected chi connectivity index (χ1v) is 11.6. The lowest BCUT2D eigenvalue weighted by Gasteiger charge is -2.32. The number of nitrogens with one attached hydrogen (secondary N) is 1. The minimum atomic E-state index is -0.558. The van der Waals surface area contributed by atoms with Crippen molar-refractivity contribution in [2.75, 3.05) is 18.0 Å². The molecule has 0 aromatic heterocycles. The summed E-state index contributed by atoms with van der Waals surface area (Å²) in [5.41, 5.74) is 3.71. The monoisotopic (exact) mass is 422 g/mol. The van der Waals surface area contributed by atoms with Crippen molar-refractivity contribution < 1.29 is 9.53 Å². The molecule has 1 aliphatic rings. The Bertz CT molecular complexity index is 844. The van der Waals surface area contributed by atoms with Gasteiger partial charge in [0.1, 0.15) is 5.75 Å². The fourth-order valence-corrected chi connectivity index (χ4v) is 3.95. The quantitative estimate of drug-likeness (QED) is 0.633. The highest BCUT2D eigenvalue weighted by Crippen LogP contribution is 2.26. The van der Waals surface area contributed by atoms with E-state index in [1.165, 1.54) is 24.1 Å². The molecule has 1 fully saturated rings. The van der Waals surface area contributed by atoms with Crippen LogP contribution in [-0.4, -0.2) is 25.1 Å². The van der Waals surface area contributed by atoms with Crippen LogP contribution in [0.25, 0.3) is 0 Å². The summed E-state index contributed by atoms with van der Waals surface area (Å²) in [6, 6.07) is 16.5. The molecular formula is C27H38N2O2. The molecule has 1 heterocycles. The molecular weight excluding hydrogens is 384 g/mol. The van der Waals surface area contributed by atoms with Crippen LogP contribution in [0, 0.1) is 5.92 Å². The molecule has 3 rings (SSSR count). The third-order valence-corrected chi connectivity index (χ3v) is 6.30. The Kier molecular flexibility index (Phi) is 7.30. The molecule has 4 heteroatoms. The van der Waals surface area contributed by atoms with Gasteiger partial charge in [-0.3, -0.25) is 4.79 Å².